The lowest BCUT2D eigenvalue weighted by Gasteiger charge is -1.96. The Hall–Kier alpha value is -1.40. The van der Waals surface area contributed by atoms with E-state index in [1.54, 1.807) is 12.1 Å². The fraction of sp³-hybridized carbons (Fsp3) is 0.462. The van der Waals surface area contributed by atoms with Crippen molar-refractivity contribution in [3.05, 3.63) is 29.8 Å². The molecule has 6 heteroatoms. The monoisotopic (exact) mass is 287 g/mol. The lowest BCUT2D eigenvalue weighted by molar-refractivity contribution is -0.121. The van der Waals surface area contributed by atoms with Gasteiger partial charge in [0.25, 0.3) is 10.1 Å². The quantitative estimate of drug-likeness (QED) is 0.831. The molecule has 19 heavy (non-hydrogen) atoms. The van der Waals surface area contributed by atoms with Crippen molar-refractivity contribution in [3.8, 4) is 0 Å². The summed E-state index contributed by atoms with van der Waals surface area (Å²) >= 11 is 0. The number of nitrogens with one attached hydrogen (secondary N) is 1. The Balaban J connectivity index is 0.000000362. The van der Waals surface area contributed by atoms with Crippen molar-refractivity contribution in [2.24, 2.45) is 0 Å². The molecule has 0 saturated heterocycles. The highest BCUT2D eigenvalue weighted by atomic mass is 32.2. The summed E-state index contributed by atoms with van der Waals surface area (Å²) in [4.78, 5) is 10.5. The zero-order valence-corrected chi connectivity index (χ0v) is 12.3. The number of hydrogen-bond donors (Lipinski definition) is 2. The predicted octanol–water partition coefficient (Wildman–Crippen LogP) is 2.16. The molecule has 0 aliphatic rings. The second-order valence-electron chi connectivity index (χ2n) is 3.99. The Morgan fingerprint density at radius 1 is 1.21 bits per heavy atom. The van der Waals surface area contributed by atoms with Crippen LogP contribution in [-0.4, -0.2) is 25.4 Å². The van der Waals surface area contributed by atoms with Gasteiger partial charge in [0.1, 0.15) is 0 Å². The number of rotatable bonds is 4. The van der Waals surface area contributed by atoms with Gasteiger partial charge in [-0.2, -0.15) is 8.42 Å². The topological polar surface area (TPSA) is 83.5 Å². The van der Waals surface area contributed by atoms with Crippen LogP contribution in [0.4, 0.5) is 0 Å². The molecular formula is C13H21NO4S. The second kappa shape index (κ2) is 8.66. The smallest absolute Gasteiger partial charge is 0.294 e. The highest BCUT2D eigenvalue weighted by Crippen LogP contribution is 2.08. The average Bonchev–Trinajstić information content (AvgIpc) is 2.30. The maximum atomic E-state index is 10.5. The third-order valence-electron chi connectivity index (χ3n) is 2.17. The van der Waals surface area contributed by atoms with Crippen molar-refractivity contribution in [1.82, 2.24) is 5.32 Å². The third-order valence-corrected chi connectivity index (χ3v) is 3.04. The summed E-state index contributed by atoms with van der Waals surface area (Å²) in [5, 5.41) is 2.71. The minimum absolute atomic E-state index is 0.0666. The van der Waals surface area contributed by atoms with Crippen LogP contribution in [0.3, 0.4) is 0 Å². The summed E-state index contributed by atoms with van der Waals surface area (Å²) in [6.07, 6.45) is 1.60. The first-order chi connectivity index (χ1) is 8.81. The van der Waals surface area contributed by atoms with Gasteiger partial charge in [-0.1, -0.05) is 24.6 Å². The largest absolute Gasteiger partial charge is 0.356 e. The molecule has 1 aromatic carbocycles. The molecule has 0 bridgehead atoms. The van der Waals surface area contributed by atoms with Crippen LogP contribution in [0, 0.1) is 6.92 Å². The van der Waals surface area contributed by atoms with Gasteiger partial charge in [0.15, 0.2) is 0 Å². The molecule has 0 radical (unpaired) electrons. The van der Waals surface area contributed by atoms with E-state index in [1.165, 1.54) is 12.1 Å². The third kappa shape index (κ3) is 8.34. The van der Waals surface area contributed by atoms with Gasteiger partial charge in [0, 0.05) is 13.0 Å². The molecule has 0 spiro atoms. The molecule has 108 valence electrons. The minimum Gasteiger partial charge on any atom is -0.356 e. The number of carbonyl (C=O) groups is 1. The first-order valence-electron chi connectivity index (χ1n) is 6.12. The zero-order valence-electron chi connectivity index (χ0n) is 11.5. The van der Waals surface area contributed by atoms with Crippen LogP contribution in [0.2, 0.25) is 0 Å². The van der Waals surface area contributed by atoms with Gasteiger partial charge in [-0.3, -0.25) is 9.35 Å². The Morgan fingerprint density at radius 2 is 1.74 bits per heavy atom. The number of aryl methyl sites for hydroxylation is 1. The van der Waals surface area contributed by atoms with Gasteiger partial charge in [-0.25, -0.2) is 0 Å². The molecule has 1 rings (SSSR count). The minimum atomic E-state index is -4.02. The van der Waals surface area contributed by atoms with E-state index in [9.17, 15) is 13.2 Å². The molecule has 1 aromatic rings. The van der Waals surface area contributed by atoms with Crippen molar-refractivity contribution in [1.29, 1.82) is 0 Å². The van der Waals surface area contributed by atoms with Crippen LogP contribution in [0.1, 0.15) is 32.3 Å². The lowest BCUT2D eigenvalue weighted by atomic mass is 10.2. The molecule has 0 unspecified atom stereocenters. The van der Waals surface area contributed by atoms with E-state index in [0.29, 0.717) is 6.42 Å². The molecular weight excluding hydrogens is 266 g/mol. The molecule has 0 aromatic heterocycles. The summed E-state index contributed by atoms with van der Waals surface area (Å²) in [6.45, 7) is 6.51. The summed E-state index contributed by atoms with van der Waals surface area (Å²) in [5.41, 5.74) is 0.956. The van der Waals surface area contributed by atoms with Crippen LogP contribution in [0.25, 0.3) is 0 Å². The van der Waals surface area contributed by atoms with E-state index in [-0.39, 0.29) is 10.8 Å². The highest BCUT2D eigenvalue weighted by Gasteiger charge is 2.06. The average molecular weight is 287 g/mol. The van der Waals surface area contributed by atoms with Crippen LogP contribution in [-0.2, 0) is 14.9 Å². The van der Waals surface area contributed by atoms with E-state index in [0.717, 1.165) is 18.5 Å². The van der Waals surface area contributed by atoms with E-state index in [1.807, 2.05) is 20.8 Å². The Bertz CT molecular complexity index is 472. The van der Waals surface area contributed by atoms with Gasteiger partial charge in [-0.05, 0) is 32.4 Å². The van der Waals surface area contributed by atoms with Gasteiger partial charge in [0.2, 0.25) is 5.91 Å². The molecule has 0 heterocycles. The molecule has 5 nitrogen and oxygen atoms in total. The van der Waals surface area contributed by atoms with Crippen molar-refractivity contribution >= 4 is 16.0 Å². The molecule has 0 fully saturated rings. The number of carbonyl (C=O) groups excluding carboxylic acids is 1. The summed E-state index contributed by atoms with van der Waals surface area (Å²) < 4.78 is 29.6. The Kier molecular flexibility index (Phi) is 8.02. The summed E-state index contributed by atoms with van der Waals surface area (Å²) in [7, 11) is -4.02. The van der Waals surface area contributed by atoms with Crippen LogP contribution >= 0.6 is 0 Å². The standard InChI is InChI=1S/C7H8O3S.C6H13NO/c1-6-2-4-7(5-3-6)11(8,9)10;1-3-5-6(8)7-4-2/h2-5H,1H3,(H,8,9,10);3-5H2,1-2H3,(H,7,8). The fourth-order valence-electron chi connectivity index (χ4n) is 1.22. The van der Waals surface area contributed by atoms with Gasteiger partial charge in [-0.15, -0.1) is 0 Å². The van der Waals surface area contributed by atoms with Crippen molar-refractivity contribution in [3.63, 3.8) is 0 Å². The first kappa shape index (κ1) is 17.6. The van der Waals surface area contributed by atoms with E-state index >= 15 is 0 Å². The molecule has 0 saturated carbocycles. The second-order valence-corrected chi connectivity index (χ2v) is 5.41. The van der Waals surface area contributed by atoms with E-state index in [4.69, 9.17) is 4.55 Å². The Labute approximate surface area is 114 Å². The number of hydrogen-bond acceptors (Lipinski definition) is 3. The molecule has 1 amide bonds. The van der Waals surface area contributed by atoms with E-state index in [2.05, 4.69) is 5.32 Å². The fourth-order valence-corrected chi connectivity index (χ4v) is 1.70. The summed E-state index contributed by atoms with van der Waals surface area (Å²) in [5.74, 6) is 0.162. The van der Waals surface area contributed by atoms with Crippen molar-refractivity contribution in [2.45, 2.75) is 38.5 Å². The maximum absolute atomic E-state index is 10.5. The highest BCUT2D eigenvalue weighted by molar-refractivity contribution is 7.85. The van der Waals surface area contributed by atoms with Gasteiger partial charge >= 0.3 is 0 Å². The molecule has 0 aliphatic carbocycles. The van der Waals surface area contributed by atoms with Crippen molar-refractivity contribution < 1.29 is 17.8 Å². The van der Waals surface area contributed by atoms with Crippen LogP contribution < -0.4 is 5.32 Å². The van der Waals surface area contributed by atoms with Gasteiger partial charge in [0.05, 0.1) is 4.90 Å². The maximum Gasteiger partial charge on any atom is 0.294 e. The number of amides is 1. The molecule has 0 aliphatic heterocycles. The first-order valence-corrected chi connectivity index (χ1v) is 7.56. The van der Waals surface area contributed by atoms with Crippen molar-refractivity contribution in [2.75, 3.05) is 6.54 Å². The van der Waals surface area contributed by atoms with Crippen LogP contribution in [0.15, 0.2) is 29.2 Å². The summed E-state index contributed by atoms with van der Waals surface area (Å²) in [6, 6.07) is 5.99. The molecule has 2 N–H and O–H groups in total. The zero-order chi connectivity index (χ0) is 14.9. The van der Waals surface area contributed by atoms with Gasteiger partial charge < -0.3 is 5.32 Å². The number of benzene rings is 1. The Morgan fingerprint density at radius 3 is 2.11 bits per heavy atom. The normalized spacial score (nSPS) is 10.3. The van der Waals surface area contributed by atoms with E-state index < -0.39 is 10.1 Å². The SMILES string of the molecule is CCCC(=O)NCC.Cc1ccc(S(=O)(=O)O)cc1. The molecule has 0 atom stereocenters. The lowest BCUT2D eigenvalue weighted by Crippen LogP contribution is -2.21. The predicted molar refractivity (Wildman–Crippen MR) is 74.6 cm³/mol. The van der Waals surface area contributed by atoms with Crippen LogP contribution in [0.5, 0.6) is 0 Å².